The number of pyridine rings is 2. The molecule has 1 aliphatic rings. The zero-order chi connectivity index (χ0) is 23.8. The first-order chi connectivity index (χ1) is 16.7. The summed E-state index contributed by atoms with van der Waals surface area (Å²) in [6.45, 7) is 7.72. The fraction of sp³-hybridized carbons (Fsp3) is 0.286. The molecule has 0 bridgehead atoms. The van der Waals surface area contributed by atoms with Gasteiger partial charge in [-0.25, -0.2) is 15.0 Å². The van der Waals surface area contributed by atoms with Crippen LogP contribution in [0.15, 0.2) is 79.3 Å². The molecule has 6 heteroatoms. The number of allylic oxidation sites excluding steroid dienone is 2. The van der Waals surface area contributed by atoms with Crippen molar-refractivity contribution in [1.82, 2.24) is 19.9 Å². The van der Waals surface area contributed by atoms with Gasteiger partial charge in [0, 0.05) is 41.8 Å². The lowest BCUT2D eigenvalue weighted by Gasteiger charge is -2.33. The summed E-state index contributed by atoms with van der Waals surface area (Å²) >= 11 is 0. The fourth-order valence-electron chi connectivity index (χ4n) is 3.93. The molecule has 0 saturated carbocycles. The molecule has 0 amide bonds. The summed E-state index contributed by atoms with van der Waals surface area (Å²) in [6.07, 6.45) is 11.2. The zero-order valence-corrected chi connectivity index (χ0v) is 20.1. The minimum atomic E-state index is 0.0328. The van der Waals surface area contributed by atoms with E-state index < -0.39 is 0 Å². The molecule has 4 aromatic rings. The van der Waals surface area contributed by atoms with Crippen LogP contribution in [-0.4, -0.2) is 39.1 Å². The number of aromatic nitrogens is 4. The maximum Gasteiger partial charge on any atom is 0.240 e. The minimum Gasteiger partial charge on any atom is -0.471 e. The van der Waals surface area contributed by atoms with Gasteiger partial charge in [-0.1, -0.05) is 30.4 Å². The number of piperidine rings is 1. The van der Waals surface area contributed by atoms with Gasteiger partial charge in [0.25, 0.3) is 0 Å². The molecule has 0 unspecified atom stereocenters. The van der Waals surface area contributed by atoms with E-state index >= 15 is 0 Å². The van der Waals surface area contributed by atoms with E-state index in [0.29, 0.717) is 5.88 Å². The monoisotopic (exact) mass is 453 g/mol. The highest BCUT2D eigenvalue weighted by Crippen LogP contribution is 2.29. The topological polar surface area (TPSA) is 64.0 Å². The molecule has 174 valence electrons. The Balaban J connectivity index is 0.000000636. The van der Waals surface area contributed by atoms with Gasteiger partial charge in [-0.05, 0) is 63.9 Å². The van der Waals surface area contributed by atoms with Gasteiger partial charge >= 0.3 is 0 Å². The number of anilines is 1. The van der Waals surface area contributed by atoms with Gasteiger partial charge in [0.15, 0.2) is 0 Å². The molecule has 1 atom stereocenters. The second kappa shape index (κ2) is 11.4. The van der Waals surface area contributed by atoms with Gasteiger partial charge in [-0.2, -0.15) is 0 Å². The van der Waals surface area contributed by atoms with Crippen LogP contribution in [0, 0.1) is 6.92 Å². The van der Waals surface area contributed by atoms with Crippen LogP contribution in [0.4, 0.5) is 5.82 Å². The summed E-state index contributed by atoms with van der Waals surface area (Å²) in [5.74, 6) is 1.56. The Hall–Kier alpha value is -3.80. The molecule has 1 saturated heterocycles. The Morgan fingerprint density at radius 2 is 1.76 bits per heavy atom. The van der Waals surface area contributed by atoms with Crippen molar-refractivity contribution in [2.75, 3.05) is 18.0 Å². The summed E-state index contributed by atoms with van der Waals surface area (Å²) in [6, 6.07) is 16.4. The Morgan fingerprint density at radius 1 is 0.941 bits per heavy atom. The molecule has 0 aliphatic carbocycles. The smallest absolute Gasteiger partial charge is 0.240 e. The molecule has 0 radical (unpaired) electrons. The van der Waals surface area contributed by atoms with Crippen molar-refractivity contribution in [3.05, 3.63) is 85.0 Å². The van der Waals surface area contributed by atoms with Crippen LogP contribution in [-0.2, 0) is 0 Å². The molecule has 1 fully saturated rings. The van der Waals surface area contributed by atoms with Crippen LogP contribution in [0.3, 0.4) is 0 Å². The SMILES string of the molecule is C/C=C\C.Cc1cc(-c2nccnc2O[C@@H]2CCCN(c3ccc4ccccc4n3)C2)ccn1. The molecular formula is C28H31N5O. The number of hydrogen-bond donors (Lipinski definition) is 0. The van der Waals surface area contributed by atoms with E-state index in [2.05, 4.69) is 44.1 Å². The summed E-state index contributed by atoms with van der Waals surface area (Å²) < 4.78 is 6.36. The molecule has 1 aliphatic heterocycles. The zero-order valence-electron chi connectivity index (χ0n) is 20.1. The number of fused-ring (bicyclic) bond motifs is 1. The van der Waals surface area contributed by atoms with Crippen molar-refractivity contribution < 1.29 is 4.74 Å². The van der Waals surface area contributed by atoms with Gasteiger partial charge in [0.2, 0.25) is 5.88 Å². The third-order valence-electron chi connectivity index (χ3n) is 5.73. The number of para-hydroxylation sites is 1. The highest BCUT2D eigenvalue weighted by atomic mass is 16.5. The van der Waals surface area contributed by atoms with Crippen molar-refractivity contribution >= 4 is 16.7 Å². The molecule has 0 spiro atoms. The molecule has 6 nitrogen and oxygen atoms in total. The largest absolute Gasteiger partial charge is 0.471 e. The number of hydrogen-bond acceptors (Lipinski definition) is 6. The van der Waals surface area contributed by atoms with E-state index in [1.54, 1.807) is 18.6 Å². The Morgan fingerprint density at radius 3 is 2.59 bits per heavy atom. The van der Waals surface area contributed by atoms with E-state index in [4.69, 9.17) is 9.72 Å². The fourth-order valence-corrected chi connectivity index (χ4v) is 3.93. The molecular weight excluding hydrogens is 422 g/mol. The van der Waals surface area contributed by atoms with E-state index in [1.165, 1.54) is 0 Å². The molecule has 3 aromatic heterocycles. The highest BCUT2D eigenvalue weighted by Gasteiger charge is 2.24. The minimum absolute atomic E-state index is 0.0328. The average Bonchev–Trinajstić information content (AvgIpc) is 2.89. The van der Waals surface area contributed by atoms with Crippen LogP contribution < -0.4 is 9.64 Å². The van der Waals surface area contributed by atoms with Crippen LogP contribution in [0.1, 0.15) is 32.4 Å². The van der Waals surface area contributed by atoms with E-state index in [-0.39, 0.29) is 6.10 Å². The lowest BCUT2D eigenvalue weighted by molar-refractivity contribution is 0.172. The molecule has 0 N–H and O–H groups in total. The van der Waals surface area contributed by atoms with Crippen molar-refractivity contribution in [2.24, 2.45) is 0 Å². The predicted molar refractivity (Wildman–Crippen MR) is 138 cm³/mol. The van der Waals surface area contributed by atoms with Crippen LogP contribution in [0.2, 0.25) is 0 Å². The molecule has 5 rings (SSSR count). The lowest BCUT2D eigenvalue weighted by atomic mass is 10.1. The summed E-state index contributed by atoms with van der Waals surface area (Å²) in [4.78, 5) is 20.4. The van der Waals surface area contributed by atoms with Gasteiger partial charge in [-0.15, -0.1) is 0 Å². The predicted octanol–water partition coefficient (Wildman–Crippen LogP) is 6.03. The van der Waals surface area contributed by atoms with Gasteiger partial charge in [-0.3, -0.25) is 4.98 Å². The standard InChI is InChI=1S/C24H23N5O.C4H8/c1-17-15-19(10-11-25-17)23-24(27-13-12-26-23)30-20-6-4-14-29(16-20)22-9-8-18-5-2-3-7-21(18)28-22;1-3-4-2/h2-3,5,7-13,15,20H,4,6,14,16H2,1H3;3-4H,1-2H3/b;4-3-/t20-;/m1./s1. The number of rotatable bonds is 4. The first kappa shape index (κ1) is 23.4. The van der Waals surface area contributed by atoms with Crippen molar-refractivity contribution in [1.29, 1.82) is 0 Å². The lowest BCUT2D eigenvalue weighted by Crippen LogP contribution is -2.41. The Kier molecular flexibility index (Phi) is 7.81. The number of aryl methyl sites for hydroxylation is 1. The van der Waals surface area contributed by atoms with Crippen LogP contribution >= 0.6 is 0 Å². The van der Waals surface area contributed by atoms with Crippen LogP contribution in [0.5, 0.6) is 5.88 Å². The number of nitrogens with zero attached hydrogens (tertiary/aromatic N) is 5. The second-order valence-corrected chi connectivity index (χ2v) is 8.25. The Labute approximate surface area is 201 Å². The van der Waals surface area contributed by atoms with E-state index in [9.17, 15) is 0 Å². The quantitative estimate of drug-likeness (QED) is 0.352. The van der Waals surface area contributed by atoms with E-state index in [0.717, 1.165) is 59.6 Å². The third kappa shape index (κ3) is 5.76. The average molecular weight is 454 g/mol. The van der Waals surface area contributed by atoms with Crippen LogP contribution in [0.25, 0.3) is 22.2 Å². The number of benzene rings is 1. The van der Waals surface area contributed by atoms with Crippen molar-refractivity contribution in [3.8, 4) is 17.1 Å². The maximum absolute atomic E-state index is 6.36. The van der Waals surface area contributed by atoms with E-state index in [1.807, 2.05) is 57.2 Å². The maximum atomic E-state index is 6.36. The number of ether oxygens (including phenoxy) is 1. The highest BCUT2D eigenvalue weighted by molar-refractivity contribution is 5.80. The van der Waals surface area contributed by atoms with Gasteiger partial charge in [0.05, 0.1) is 12.1 Å². The first-order valence-electron chi connectivity index (χ1n) is 11.8. The van der Waals surface area contributed by atoms with Gasteiger partial charge < -0.3 is 9.64 Å². The summed E-state index contributed by atoms with van der Waals surface area (Å²) in [7, 11) is 0. The summed E-state index contributed by atoms with van der Waals surface area (Å²) in [5.41, 5.74) is 3.68. The first-order valence-corrected chi connectivity index (χ1v) is 11.8. The second-order valence-electron chi connectivity index (χ2n) is 8.25. The third-order valence-corrected chi connectivity index (χ3v) is 5.73. The van der Waals surface area contributed by atoms with Gasteiger partial charge in [0.1, 0.15) is 17.6 Å². The summed E-state index contributed by atoms with van der Waals surface area (Å²) in [5, 5.41) is 1.16. The molecule has 34 heavy (non-hydrogen) atoms. The van der Waals surface area contributed by atoms with Crippen molar-refractivity contribution in [3.63, 3.8) is 0 Å². The molecule has 4 heterocycles. The Bertz CT molecular complexity index is 1250. The van der Waals surface area contributed by atoms with Crippen molar-refractivity contribution in [2.45, 2.75) is 39.7 Å². The molecule has 1 aromatic carbocycles. The normalized spacial score (nSPS) is 15.7.